The van der Waals surface area contributed by atoms with Crippen LogP contribution in [0.3, 0.4) is 0 Å². The number of aromatic nitrogens is 1. The van der Waals surface area contributed by atoms with E-state index >= 15 is 0 Å². The van der Waals surface area contributed by atoms with Gasteiger partial charge in [-0.25, -0.2) is 9.69 Å². The Labute approximate surface area is 206 Å². The number of nitrogens with zero attached hydrogens (tertiary/aromatic N) is 3. The molecule has 0 unspecified atom stereocenters. The highest BCUT2D eigenvalue weighted by molar-refractivity contribution is 9.10. The summed E-state index contributed by atoms with van der Waals surface area (Å²) in [7, 11) is 3.97. The van der Waals surface area contributed by atoms with E-state index in [1.807, 2.05) is 70.1 Å². The lowest BCUT2D eigenvalue weighted by Gasteiger charge is -2.26. The topological polar surface area (TPSA) is 74.7 Å². The number of nitrogens with one attached hydrogen (secondary N) is 1. The summed E-state index contributed by atoms with van der Waals surface area (Å²) in [5.74, 6) is -1.36. The van der Waals surface area contributed by atoms with Crippen LogP contribution in [0.5, 0.6) is 0 Å². The third-order valence-corrected chi connectivity index (χ3v) is 6.79. The van der Waals surface area contributed by atoms with Gasteiger partial charge in [0, 0.05) is 41.3 Å². The maximum atomic E-state index is 13.3. The normalized spacial score (nSPS) is 15.2. The molecule has 4 rings (SSSR count). The Morgan fingerprint density at radius 1 is 0.912 bits per heavy atom. The Kier molecular flexibility index (Phi) is 6.18. The monoisotopic (exact) mass is 520 g/mol. The van der Waals surface area contributed by atoms with Gasteiger partial charge in [-0.2, -0.15) is 0 Å². The fourth-order valence-corrected chi connectivity index (χ4v) is 4.29. The van der Waals surface area contributed by atoms with Crippen molar-refractivity contribution in [3.8, 4) is 5.69 Å². The van der Waals surface area contributed by atoms with E-state index in [2.05, 4.69) is 25.8 Å². The average Bonchev–Trinajstić information content (AvgIpc) is 3.06. The maximum absolute atomic E-state index is 13.3. The van der Waals surface area contributed by atoms with Gasteiger partial charge in [0.05, 0.1) is 5.69 Å². The van der Waals surface area contributed by atoms with Gasteiger partial charge in [-0.1, -0.05) is 15.9 Å². The van der Waals surface area contributed by atoms with Gasteiger partial charge in [-0.15, -0.1) is 0 Å². The van der Waals surface area contributed by atoms with Crippen molar-refractivity contribution in [3.05, 3.63) is 81.1 Å². The summed E-state index contributed by atoms with van der Waals surface area (Å²) in [6, 6.07) is 14.4. The molecule has 7 nitrogen and oxygen atoms in total. The van der Waals surface area contributed by atoms with Crippen LogP contribution < -0.4 is 15.1 Å². The van der Waals surface area contributed by atoms with Crippen LogP contribution in [0.4, 0.5) is 16.2 Å². The second-order valence-corrected chi connectivity index (χ2v) is 9.32. The number of carbonyl (C=O) groups is 3. The lowest BCUT2D eigenvalue weighted by molar-refractivity contribution is -0.122. The molecule has 34 heavy (non-hydrogen) atoms. The van der Waals surface area contributed by atoms with Gasteiger partial charge in [-0.3, -0.25) is 14.9 Å². The van der Waals surface area contributed by atoms with Crippen molar-refractivity contribution in [2.45, 2.75) is 20.8 Å². The molecule has 1 saturated heterocycles. The molecule has 4 amide bonds. The molecule has 0 radical (unpaired) electrons. The molecule has 1 fully saturated rings. The molecule has 0 aliphatic carbocycles. The number of barbiturate groups is 1. The molecule has 1 aromatic heterocycles. The number of rotatable bonds is 4. The number of urea groups is 1. The minimum Gasteiger partial charge on any atom is -0.378 e. The summed E-state index contributed by atoms with van der Waals surface area (Å²) in [5, 5.41) is 2.29. The van der Waals surface area contributed by atoms with Crippen molar-refractivity contribution in [1.82, 2.24) is 9.88 Å². The van der Waals surface area contributed by atoms with Gasteiger partial charge in [0.15, 0.2) is 0 Å². The summed E-state index contributed by atoms with van der Waals surface area (Å²) in [4.78, 5) is 41.4. The SMILES string of the molecule is Cc1cc(N2C(=O)NC(=O)/C(=C\c3cc(C)n(-c4ccc(N(C)C)cc4)c3C)C2=O)ccc1Br. The van der Waals surface area contributed by atoms with E-state index in [9.17, 15) is 14.4 Å². The summed E-state index contributed by atoms with van der Waals surface area (Å²) in [5.41, 5.74) is 5.81. The molecule has 8 heteroatoms. The Balaban J connectivity index is 1.73. The van der Waals surface area contributed by atoms with Crippen LogP contribution in [0.15, 0.2) is 58.6 Å². The Morgan fingerprint density at radius 2 is 1.56 bits per heavy atom. The second-order valence-electron chi connectivity index (χ2n) is 8.46. The van der Waals surface area contributed by atoms with Crippen LogP contribution in [0, 0.1) is 20.8 Å². The van der Waals surface area contributed by atoms with Crippen LogP contribution in [-0.4, -0.2) is 36.5 Å². The highest BCUT2D eigenvalue weighted by atomic mass is 79.9. The zero-order chi connectivity index (χ0) is 24.7. The van der Waals surface area contributed by atoms with E-state index in [0.29, 0.717) is 5.69 Å². The van der Waals surface area contributed by atoms with Crippen LogP contribution in [-0.2, 0) is 9.59 Å². The van der Waals surface area contributed by atoms with Gasteiger partial charge in [-0.05, 0) is 86.5 Å². The first-order valence-corrected chi connectivity index (χ1v) is 11.5. The maximum Gasteiger partial charge on any atom is 0.335 e. The number of halogens is 1. The van der Waals surface area contributed by atoms with E-state index in [1.165, 1.54) is 0 Å². The highest BCUT2D eigenvalue weighted by Gasteiger charge is 2.37. The minimum absolute atomic E-state index is 0.0941. The minimum atomic E-state index is -0.764. The summed E-state index contributed by atoms with van der Waals surface area (Å²) in [6.07, 6.45) is 1.55. The molecule has 0 bridgehead atoms. The molecule has 1 N–H and O–H groups in total. The lowest BCUT2D eigenvalue weighted by atomic mass is 10.1. The van der Waals surface area contributed by atoms with Crippen molar-refractivity contribution in [3.63, 3.8) is 0 Å². The molecule has 2 heterocycles. The third kappa shape index (κ3) is 4.17. The third-order valence-electron chi connectivity index (χ3n) is 5.90. The fraction of sp³-hybridized carbons (Fsp3) is 0.192. The first-order chi connectivity index (χ1) is 16.1. The largest absolute Gasteiger partial charge is 0.378 e. The number of amides is 4. The number of anilines is 2. The van der Waals surface area contributed by atoms with Crippen molar-refractivity contribution in [1.29, 1.82) is 0 Å². The standard InChI is InChI=1S/C26H25BrN4O3/c1-15-12-21(10-11-23(15)27)31-25(33)22(24(32)28-26(31)34)14-18-13-16(2)30(17(18)3)20-8-6-19(7-9-20)29(4)5/h6-14H,1-5H3,(H,28,32,34)/b22-14+. The van der Waals surface area contributed by atoms with E-state index in [1.54, 1.807) is 24.3 Å². The molecule has 0 saturated carbocycles. The number of hydrogen-bond acceptors (Lipinski definition) is 4. The van der Waals surface area contributed by atoms with E-state index in [0.717, 1.165) is 43.3 Å². The molecular formula is C26H25BrN4O3. The lowest BCUT2D eigenvalue weighted by Crippen LogP contribution is -2.54. The Morgan fingerprint density at radius 3 is 2.18 bits per heavy atom. The van der Waals surface area contributed by atoms with Crippen molar-refractivity contribution >= 4 is 51.2 Å². The summed E-state index contributed by atoms with van der Waals surface area (Å²) >= 11 is 3.42. The van der Waals surface area contributed by atoms with Crippen LogP contribution in [0.25, 0.3) is 11.8 Å². The molecule has 0 spiro atoms. The van der Waals surface area contributed by atoms with Gasteiger partial charge in [0.1, 0.15) is 5.57 Å². The first kappa shape index (κ1) is 23.5. The van der Waals surface area contributed by atoms with E-state index in [-0.39, 0.29) is 5.57 Å². The van der Waals surface area contributed by atoms with Crippen LogP contribution >= 0.6 is 15.9 Å². The van der Waals surface area contributed by atoms with Gasteiger partial charge >= 0.3 is 6.03 Å². The highest BCUT2D eigenvalue weighted by Crippen LogP contribution is 2.28. The summed E-state index contributed by atoms with van der Waals surface area (Å²) in [6.45, 7) is 5.77. The number of imide groups is 2. The second kappa shape index (κ2) is 8.95. The van der Waals surface area contributed by atoms with Crippen molar-refractivity contribution in [2.75, 3.05) is 23.9 Å². The van der Waals surface area contributed by atoms with E-state index < -0.39 is 17.8 Å². The van der Waals surface area contributed by atoms with Crippen molar-refractivity contribution < 1.29 is 14.4 Å². The zero-order valence-corrected chi connectivity index (χ0v) is 21.2. The quantitative estimate of drug-likeness (QED) is 0.392. The molecule has 2 aromatic carbocycles. The van der Waals surface area contributed by atoms with Gasteiger partial charge in [0.25, 0.3) is 11.8 Å². The number of carbonyl (C=O) groups excluding carboxylic acids is 3. The predicted octanol–water partition coefficient (Wildman–Crippen LogP) is 4.90. The van der Waals surface area contributed by atoms with Crippen LogP contribution in [0.1, 0.15) is 22.5 Å². The molecule has 174 valence electrons. The predicted molar refractivity (Wildman–Crippen MR) is 137 cm³/mol. The zero-order valence-electron chi connectivity index (χ0n) is 19.6. The number of aryl methyl sites for hydroxylation is 2. The average molecular weight is 521 g/mol. The first-order valence-electron chi connectivity index (χ1n) is 10.7. The molecule has 1 aliphatic rings. The smallest absolute Gasteiger partial charge is 0.335 e. The Bertz CT molecular complexity index is 1350. The fourth-order valence-electron chi connectivity index (χ4n) is 4.05. The van der Waals surface area contributed by atoms with Gasteiger partial charge in [0.2, 0.25) is 0 Å². The van der Waals surface area contributed by atoms with Crippen molar-refractivity contribution in [2.24, 2.45) is 0 Å². The number of benzene rings is 2. The van der Waals surface area contributed by atoms with E-state index in [4.69, 9.17) is 0 Å². The number of hydrogen-bond donors (Lipinski definition) is 1. The van der Waals surface area contributed by atoms with Crippen LogP contribution in [0.2, 0.25) is 0 Å². The molecular weight excluding hydrogens is 496 g/mol. The summed E-state index contributed by atoms with van der Waals surface area (Å²) < 4.78 is 2.93. The molecule has 3 aromatic rings. The molecule has 0 atom stereocenters. The van der Waals surface area contributed by atoms with Gasteiger partial charge < -0.3 is 9.47 Å². The molecule has 1 aliphatic heterocycles. The Hall–Kier alpha value is -3.65.